The van der Waals surface area contributed by atoms with Gasteiger partial charge in [0.25, 0.3) is 0 Å². The van der Waals surface area contributed by atoms with Gasteiger partial charge in [0.05, 0.1) is 12.8 Å². The zero-order valence-corrected chi connectivity index (χ0v) is 13.1. The van der Waals surface area contributed by atoms with Crippen LogP contribution in [0.4, 0.5) is 10.2 Å². The third kappa shape index (κ3) is 4.60. The van der Waals surface area contributed by atoms with Crippen LogP contribution in [0.1, 0.15) is 5.69 Å². The van der Waals surface area contributed by atoms with Gasteiger partial charge in [-0.05, 0) is 12.1 Å². The first-order chi connectivity index (χ1) is 11.5. The lowest BCUT2D eigenvalue weighted by Crippen LogP contribution is -2.19. The van der Waals surface area contributed by atoms with Crippen molar-refractivity contribution in [2.24, 2.45) is 0 Å². The topological polar surface area (TPSA) is 81.9 Å². The van der Waals surface area contributed by atoms with Crippen LogP contribution in [0, 0.1) is 0 Å². The maximum atomic E-state index is 13.2. The molecule has 2 aromatic rings. The molecule has 2 heterocycles. The first-order valence-electron chi connectivity index (χ1n) is 6.88. The molecule has 0 aliphatic carbocycles. The highest BCUT2D eigenvalue weighted by Crippen LogP contribution is 2.23. The molecule has 0 spiro atoms. The number of carbonyl (C=O) groups is 1. The van der Waals surface area contributed by atoms with Gasteiger partial charge >= 0.3 is 0 Å². The number of hydrogen-bond donors (Lipinski definition) is 1. The number of anilines is 1. The van der Waals surface area contributed by atoms with Crippen molar-refractivity contribution in [3.8, 4) is 0 Å². The second kappa shape index (κ2) is 7.82. The van der Waals surface area contributed by atoms with Crippen molar-refractivity contribution in [3.05, 3.63) is 67.4 Å². The quantitative estimate of drug-likeness (QED) is 0.623. The van der Waals surface area contributed by atoms with E-state index in [0.29, 0.717) is 11.3 Å². The molecular weight excluding hydrogens is 313 g/mol. The molecule has 0 aliphatic heterocycles. The Kier molecular flexibility index (Phi) is 5.56. The Morgan fingerprint density at radius 3 is 2.88 bits per heavy atom. The number of nitrogens with zero attached hydrogens (tertiary/aromatic N) is 4. The van der Waals surface area contributed by atoms with E-state index in [1.165, 1.54) is 24.2 Å². The zero-order valence-electron chi connectivity index (χ0n) is 13.1. The number of halogens is 1. The second-order valence-electron chi connectivity index (χ2n) is 4.67. The summed E-state index contributed by atoms with van der Waals surface area (Å²) in [5.41, 5.74) is 0.639. The van der Waals surface area contributed by atoms with Gasteiger partial charge in [-0.3, -0.25) is 9.48 Å². The van der Waals surface area contributed by atoms with Gasteiger partial charge in [0.1, 0.15) is 30.3 Å². The maximum Gasteiger partial charge on any atom is 0.247 e. The maximum absolute atomic E-state index is 13.2. The summed E-state index contributed by atoms with van der Waals surface area (Å²) in [4.78, 5) is 20.0. The van der Waals surface area contributed by atoms with Crippen LogP contribution in [0.2, 0.25) is 0 Å². The summed E-state index contributed by atoms with van der Waals surface area (Å²) in [5, 5.41) is 6.57. The molecule has 0 saturated carbocycles. The molecule has 0 fully saturated rings. The standard InChI is InChI=1S/C16H16FN5O2/c1-11(17)7-13(12(2)24-3)14-8-15(19-10-18-14)21-16(23)9-22-6-4-5-20-22/h4-8,10H,1-2,9H2,3H3,(H,18,19,21,23)/b13-7+. The van der Waals surface area contributed by atoms with E-state index in [2.05, 4.69) is 33.5 Å². The van der Waals surface area contributed by atoms with Gasteiger partial charge in [-0.25, -0.2) is 14.4 Å². The lowest BCUT2D eigenvalue weighted by Gasteiger charge is -2.10. The minimum absolute atomic E-state index is 0.0428. The summed E-state index contributed by atoms with van der Waals surface area (Å²) in [5.74, 6) is -0.516. The van der Waals surface area contributed by atoms with E-state index in [4.69, 9.17) is 4.74 Å². The van der Waals surface area contributed by atoms with Crippen LogP contribution < -0.4 is 5.32 Å². The normalized spacial score (nSPS) is 11.0. The largest absolute Gasteiger partial charge is 0.497 e. The SMILES string of the molecule is C=C(F)/C=C(\C(=C)OC)c1cc(NC(=O)Cn2cccn2)ncn1. The first kappa shape index (κ1) is 17.1. The minimum atomic E-state index is -0.675. The molecule has 124 valence electrons. The number of methoxy groups -OCH3 is 1. The van der Waals surface area contributed by atoms with Crippen LogP contribution in [0.3, 0.4) is 0 Å². The third-order valence-corrected chi connectivity index (χ3v) is 2.92. The smallest absolute Gasteiger partial charge is 0.247 e. The summed E-state index contributed by atoms with van der Waals surface area (Å²) in [7, 11) is 1.41. The summed E-state index contributed by atoms with van der Waals surface area (Å²) >= 11 is 0. The molecule has 2 rings (SSSR count). The fourth-order valence-corrected chi connectivity index (χ4v) is 1.86. The Bertz CT molecular complexity index is 784. The Balaban J connectivity index is 2.19. The average molecular weight is 329 g/mol. The molecule has 0 atom stereocenters. The first-order valence-corrected chi connectivity index (χ1v) is 6.88. The van der Waals surface area contributed by atoms with E-state index in [1.54, 1.807) is 18.5 Å². The van der Waals surface area contributed by atoms with Gasteiger partial charge in [-0.1, -0.05) is 13.2 Å². The van der Waals surface area contributed by atoms with Crippen molar-refractivity contribution >= 4 is 17.3 Å². The van der Waals surface area contributed by atoms with Crippen LogP contribution in [-0.4, -0.2) is 32.8 Å². The van der Waals surface area contributed by atoms with E-state index in [0.717, 1.165) is 6.08 Å². The van der Waals surface area contributed by atoms with E-state index in [-0.39, 0.29) is 24.0 Å². The molecule has 2 aromatic heterocycles. The number of ether oxygens (including phenoxy) is 1. The number of rotatable bonds is 7. The fourth-order valence-electron chi connectivity index (χ4n) is 1.86. The predicted octanol–water partition coefficient (Wildman–Crippen LogP) is 2.34. The van der Waals surface area contributed by atoms with Crippen molar-refractivity contribution in [2.75, 3.05) is 12.4 Å². The number of hydrogen-bond acceptors (Lipinski definition) is 5. The summed E-state index contributed by atoms with van der Waals surface area (Å²) < 4.78 is 19.7. The van der Waals surface area contributed by atoms with Crippen molar-refractivity contribution in [1.29, 1.82) is 0 Å². The lowest BCUT2D eigenvalue weighted by atomic mass is 10.1. The van der Waals surface area contributed by atoms with Crippen molar-refractivity contribution in [1.82, 2.24) is 19.7 Å². The lowest BCUT2D eigenvalue weighted by molar-refractivity contribution is -0.116. The number of carbonyl (C=O) groups excluding carboxylic acids is 1. The van der Waals surface area contributed by atoms with Crippen LogP contribution in [-0.2, 0) is 16.1 Å². The van der Waals surface area contributed by atoms with Gasteiger partial charge in [0.2, 0.25) is 5.91 Å². The van der Waals surface area contributed by atoms with Crippen molar-refractivity contribution in [3.63, 3.8) is 0 Å². The minimum Gasteiger partial charge on any atom is -0.497 e. The molecule has 1 amide bonds. The Labute approximate surface area is 138 Å². The fraction of sp³-hybridized carbons (Fsp3) is 0.125. The molecule has 0 radical (unpaired) electrons. The number of amides is 1. The zero-order chi connectivity index (χ0) is 17.5. The molecule has 8 heteroatoms. The van der Waals surface area contributed by atoms with Crippen molar-refractivity contribution < 1.29 is 13.9 Å². The van der Waals surface area contributed by atoms with Crippen LogP contribution in [0.25, 0.3) is 5.57 Å². The van der Waals surface area contributed by atoms with Crippen LogP contribution >= 0.6 is 0 Å². The van der Waals surface area contributed by atoms with Gasteiger partial charge in [0, 0.05) is 24.0 Å². The molecule has 7 nitrogen and oxygen atoms in total. The van der Waals surface area contributed by atoms with Gasteiger partial charge in [0.15, 0.2) is 0 Å². The number of nitrogens with one attached hydrogen (secondary N) is 1. The molecular formula is C16H16FN5O2. The second-order valence-corrected chi connectivity index (χ2v) is 4.67. The Hall–Kier alpha value is -3.29. The molecule has 1 N–H and O–H groups in total. The molecule has 0 aromatic carbocycles. The van der Waals surface area contributed by atoms with E-state index < -0.39 is 5.83 Å². The molecule has 0 aliphatic rings. The van der Waals surface area contributed by atoms with Gasteiger partial charge in [-0.2, -0.15) is 5.10 Å². The highest BCUT2D eigenvalue weighted by Gasteiger charge is 2.12. The highest BCUT2D eigenvalue weighted by atomic mass is 19.1. The molecule has 24 heavy (non-hydrogen) atoms. The summed E-state index contributed by atoms with van der Waals surface area (Å²) in [6.45, 7) is 6.92. The Morgan fingerprint density at radius 1 is 1.46 bits per heavy atom. The third-order valence-electron chi connectivity index (χ3n) is 2.92. The van der Waals surface area contributed by atoms with Crippen LogP contribution in [0.15, 0.2) is 61.7 Å². The predicted molar refractivity (Wildman–Crippen MR) is 87.3 cm³/mol. The van der Waals surface area contributed by atoms with Gasteiger partial charge < -0.3 is 10.1 Å². The monoisotopic (exact) mass is 329 g/mol. The Morgan fingerprint density at radius 2 is 2.25 bits per heavy atom. The highest BCUT2D eigenvalue weighted by molar-refractivity contribution is 5.90. The summed E-state index contributed by atoms with van der Waals surface area (Å²) in [6, 6.07) is 3.20. The average Bonchev–Trinajstić information content (AvgIpc) is 3.04. The van der Waals surface area contributed by atoms with E-state index >= 15 is 0 Å². The molecule has 0 unspecified atom stereocenters. The molecule has 0 bridgehead atoms. The summed E-state index contributed by atoms with van der Waals surface area (Å²) in [6.07, 6.45) is 5.63. The molecule has 0 saturated heterocycles. The van der Waals surface area contributed by atoms with E-state index in [1.807, 2.05) is 0 Å². The van der Waals surface area contributed by atoms with E-state index in [9.17, 15) is 9.18 Å². The van der Waals surface area contributed by atoms with Crippen molar-refractivity contribution in [2.45, 2.75) is 6.54 Å². The number of allylic oxidation sites excluding steroid dienone is 3. The number of aromatic nitrogens is 4. The van der Waals surface area contributed by atoms with Crippen LogP contribution in [0.5, 0.6) is 0 Å². The van der Waals surface area contributed by atoms with Gasteiger partial charge in [-0.15, -0.1) is 0 Å².